The molecule has 158 valence electrons. The van der Waals surface area contributed by atoms with E-state index in [-0.39, 0.29) is 18.4 Å². The first-order chi connectivity index (χ1) is 13.9. The number of carbonyl (C=O) groups is 2. The normalized spacial score (nSPS) is 24.9. The van der Waals surface area contributed by atoms with Gasteiger partial charge in [-0.2, -0.15) is 0 Å². The van der Waals surface area contributed by atoms with E-state index in [1.54, 1.807) is 23.1 Å². The average molecular weight is 440 g/mol. The number of benzene rings is 1. The van der Waals surface area contributed by atoms with Crippen LogP contribution in [-0.2, 0) is 9.53 Å². The lowest BCUT2D eigenvalue weighted by Crippen LogP contribution is -2.58. The molecule has 2 heterocycles. The van der Waals surface area contributed by atoms with Gasteiger partial charge in [0.05, 0.1) is 16.7 Å². The van der Waals surface area contributed by atoms with Crippen LogP contribution in [0.3, 0.4) is 0 Å². The van der Waals surface area contributed by atoms with Crippen molar-refractivity contribution in [2.24, 2.45) is 0 Å². The maximum absolute atomic E-state index is 13.6. The summed E-state index contributed by atoms with van der Waals surface area (Å²) in [4.78, 5) is 32.8. The monoisotopic (exact) mass is 439 g/mol. The predicted octanol–water partition coefficient (Wildman–Crippen LogP) is 3.27. The third-order valence-electron chi connectivity index (χ3n) is 6.38. The molecule has 4 rings (SSSR count). The van der Waals surface area contributed by atoms with Crippen molar-refractivity contribution in [1.29, 1.82) is 0 Å². The number of ether oxygens (including phenoxy) is 1. The molecule has 2 saturated heterocycles. The van der Waals surface area contributed by atoms with Gasteiger partial charge in [-0.1, -0.05) is 29.6 Å². The van der Waals surface area contributed by atoms with E-state index in [0.29, 0.717) is 28.7 Å². The molecule has 8 heteroatoms. The third-order valence-corrected chi connectivity index (χ3v) is 7.12. The van der Waals surface area contributed by atoms with Crippen molar-refractivity contribution in [3.63, 3.8) is 0 Å². The van der Waals surface area contributed by atoms with Gasteiger partial charge < -0.3 is 14.5 Å². The minimum absolute atomic E-state index is 0.0195. The zero-order valence-electron chi connectivity index (χ0n) is 16.7. The molecule has 29 heavy (non-hydrogen) atoms. The van der Waals surface area contributed by atoms with Gasteiger partial charge in [0.25, 0.3) is 5.91 Å². The van der Waals surface area contributed by atoms with Gasteiger partial charge in [-0.25, -0.2) is 0 Å². The average Bonchev–Trinajstić information content (AvgIpc) is 3.08. The summed E-state index contributed by atoms with van der Waals surface area (Å²) in [5.41, 5.74) is -0.264. The summed E-state index contributed by atoms with van der Waals surface area (Å²) in [5, 5.41) is 0.732. The molecule has 1 aromatic rings. The lowest BCUT2D eigenvalue weighted by molar-refractivity contribution is -0.138. The van der Waals surface area contributed by atoms with Crippen molar-refractivity contribution in [3.05, 3.63) is 33.8 Å². The van der Waals surface area contributed by atoms with Crippen LogP contribution >= 0.6 is 23.2 Å². The molecule has 0 radical (unpaired) electrons. The van der Waals surface area contributed by atoms with Crippen LogP contribution < -0.4 is 0 Å². The van der Waals surface area contributed by atoms with Crippen molar-refractivity contribution in [1.82, 2.24) is 14.7 Å². The van der Waals surface area contributed by atoms with Crippen LogP contribution in [0.2, 0.25) is 10.0 Å². The van der Waals surface area contributed by atoms with Crippen molar-refractivity contribution in [2.75, 3.05) is 39.8 Å². The van der Waals surface area contributed by atoms with Crippen molar-refractivity contribution < 1.29 is 14.3 Å². The zero-order chi connectivity index (χ0) is 20.6. The molecular formula is C21H27Cl2N3O3. The van der Waals surface area contributed by atoms with E-state index in [2.05, 4.69) is 11.9 Å². The molecule has 0 aromatic heterocycles. The Morgan fingerprint density at radius 1 is 1.03 bits per heavy atom. The van der Waals surface area contributed by atoms with E-state index < -0.39 is 11.8 Å². The summed E-state index contributed by atoms with van der Waals surface area (Å²) in [6.07, 6.45) is 4.61. The fourth-order valence-corrected chi connectivity index (χ4v) is 4.96. The summed E-state index contributed by atoms with van der Waals surface area (Å²) >= 11 is 12.2. The van der Waals surface area contributed by atoms with Crippen LogP contribution in [0.15, 0.2) is 18.2 Å². The van der Waals surface area contributed by atoms with Gasteiger partial charge in [-0.3, -0.25) is 14.5 Å². The van der Waals surface area contributed by atoms with E-state index in [9.17, 15) is 9.59 Å². The first-order valence-electron chi connectivity index (χ1n) is 10.3. The standard InChI is InChI=1S/C21H27Cl2N3O3/c1-24-9-11-25(12-10-24)20(28)18-14-29-21(7-3-2-4-8-21)26(18)19(27)15-5-6-16(22)17(23)13-15/h5-6,13,18H,2-4,7-12,14H2,1H3. The number of likely N-dealkylation sites (N-methyl/N-ethyl adjacent to an activating group) is 1. The summed E-state index contributed by atoms with van der Waals surface area (Å²) in [6.45, 7) is 3.27. The van der Waals surface area contributed by atoms with Crippen LogP contribution in [0.25, 0.3) is 0 Å². The molecule has 0 N–H and O–H groups in total. The zero-order valence-corrected chi connectivity index (χ0v) is 18.2. The number of rotatable bonds is 2. The molecule has 1 aliphatic carbocycles. The van der Waals surface area contributed by atoms with Gasteiger partial charge >= 0.3 is 0 Å². The molecule has 0 bridgehead atoms. The van der Waals surface area contributed by atoms with Crippen LogP contribution in [0.4, 0.5) is 0 Å². The quantitative estimate of drug-likeness (QED) is 0.709. The molecule has 1 aromatic carbocycles. The fourth-order valence-electron chi connectivity index (χ4n) is 4.67. The third kappa shape index (κ3) is 4.00. The molecule has 1 saturated carbocycles. The number of halogens is 2. The van der Waals surface area contributed by atoms with Gasteiger partial charge in [0, 0.05) is 31.7 Å². The lowest BCUT2D eigenvalue weighted by Gasteiger charge is -2.42. The lowest BCUT2D eigenvalue weighted by atomic mass is 9.89. The summed E-state index contributed by atoms with van der Waals surface area (Å²) in [6, 6.07) is 4.28. The first-order valence-corrected chi connectivity index (χ1v) is 11.1. The highest BCUT2D eigenvalue weighted by Crippen LogP contribution is 2.42. The molecule has 2 amide bonds. The minimum Gasteiger partial charge on any atom is -0.353 e. The van der Waals surface area contributed by atoms with Crippen LogP contribution in [0, 0.1) is 0 Å². The Hall–Kier alpha value is -1.34. The van der Waals surface area contributed by atoms with Gasteiger partial charge in [-0.15, -0.1) is 0 Å². The minimum atomic E-state index is -0.700. The van der Waals surface area contributed by atoms with Crippen LogP contribution in [0.5, 0.6) is 0 Å². The van der Waals surface area contributed by atoms with Gasteiger partial charge in [0.2, 0.25) is 5.91 Å². The topological polar surface area (TPSA) is 53.1 Å². The molecule has 3 fully saturated rings. The maximum atomic E-state index is 13.6. The SMILES string of the molecule is CN1CCN(C(=O)C2COC3(CCCCC3)N2C(=O)c2ccc(Cl)c(Cl)c2)CC1. The number of carbonyl (C=O) groups excluding carboxylic acids is 2. The Balaban J connectivity index is 1.64. The second kappa shape index (κ2) is 8.42. The Morgan fingerprint density at radius 2 is 1.72 bits per heavy atom. The second-order valence-electron chi connectivity index (χ2n) is 8.27. The maximum Gasteiger partial charge on any atom is 0.256 e. The molecule has 2 aliphatic heterocycles. The molecule has 1 spiro atoms. The Labute approximate surface area is 181 Å². The fraction of sp³-hybridized carbons (Fsp3) is 0.619. The molecule has 6 nitrogen and oxygen atoms in total. The van der Waals surface area contributed by atoms with E-state index in [4.69, 9.17) is 27.9 Å². The first kappa shape index (κ1) is 20.9. The smallest absolute Gasteiger partial charge is 0.256 e. The van der Waals surface area contributed by atoms with Gasteiger partial charge in [0.1, 0.15) is 11.8 Å². The second-order valence-corrected chi connectivity index (χ2v) is 9.08. The van der Waals surface area contributed by atoms with Crippen molar-refractivity contribution in [2.45, 2.75) is 43.9 Å². The number of nitrogens with zero attached hydrogens (tertiary/aromatic N) is 3. The Bertz CT molecular complexity index is 789. The summed E-state index contributed by atoms with van der Waals surface area (Å²) in [7, 11) is 2.05. The molecule has 1 atom stereocenters. The van der Waals surface area contributed by atoms with Crippen molar-refractivity contribution >= 4 is 35.0 Å². The molecular weight excluding hydrogens is 413 g/mol. The van der Waals surface area contributed by atoms with E-state index in [1.165, 1.54) is 0 Å². The van der Waals surface area contributed by atoms with Gasteiger partial charge in [0.15, 0.2) is 0 Å². The van der Waals surface area contributed by atoms with Crippen LogP contribution in [-0.4, -0.2) is 78.1 Å². The van der Waals surface area contributed by atoms with Crippen LogP contribution in [0.1, 0.15) is 42.5 Å². The number of piperazine rings is 1. The number of hydrogen-bond donors (Lipinski definition) is 0. The largest absolute Gasteiger partial charge is 0.353 e. The van der Waals surface area contributed by atoms with Gasteiger partial charge in [-0.05, 0) is 50.9 Å². The van der Waals surface area contributed by atoms with Crippen molar-refractivity contribution in [3.8, 4) is 0 Å². The summed E-state index contributed by atoms with van der Waals surface area (Å²) in [5.74, 6) is -0.232. The molecule has 3 aliphatic rings. The highest BCUT2D eigenvalue weighted by atomic mass is 35.5. The Kier molecular flexibility index (Phi) is 6.07. The molecule has 1 unspecified atom stereocenters. The highest BCUT2D eigenvalue weighted by molar-refractivity contribution is 6.42. The van der Waals surface area contributed by atoms with E-state index in [0.717, 1.165) is 45.2 Å². The number of amides is 2. The van der Waals surface area contributed by atoms with E-state index in [1.807, 2.05) is 4.90 Å². The highest BCUT2D eigenvalue weighted by Gasteiger charge is 2.53. The van der Waals surface area contributed by atoms with E-state index >= 15 is 0 Å². The number of hydrogen-bond acceptors (Lipinski definition) is 4. The Morgan fingerprint density at radius 3 is 2.38 bits per heavy atom. The predicted molar refractivity (Wildman–Crippen MR) is 112 cm³/mol. The summed E-state index contributed by atoms with van der Waals surface area (Å²) < 4.78 is 6.22.